The number of nitrogens with zero attached hydrogens (tertiary/aromatic N) is 4. The Bertz CT molecular complexity index is 1330. The van der Waals surface area contributed by atoms with Crippen LogP contribution in [0.25, 0.3) is 0 Å². The fourth-order valence-corrected chi connectivity index (χ4v) is 5.68. The first kappa shape index (κ1) is 28.7. The number of likely N-dealkylation sites (tertiary alicyclic amines) is 1. The predicted octanol–water partition coefficient (Wildman–Crippen LogP) is 4.95. The second-order valence-corrected chi connectivity index (χ2v) is 11.4. The number of aromatic nitrogens is 1. The molecular weight excluding hydrogens is 537 g/mol. The van der Waals surface area contributed by atoms with E-state index < -0.39 is 23.7 Å². The summed E-state index contributed by atoms with van der Waals surface area (Å²) in [5, 5.41) is 5.59. The molecule has 9 nitrogen and oxygen atoms in total. The van der Waals surface area contributed by atoms with Crippen LogP contribution in [0.1, 0.15) is 72.9 Å². The molecule has 2 aliphatic heterocycles. The number of piperidine rings is 1. The first-order valence-corrected chi connectivity index (χ1v) is 14.1. The van der Waals surface area contributed by atoms with Crippen LogP contribution in [0, 0.1) is 5.92 Å². The lowest BCUT2D eigenvalue weighted by atomic mass is 10.0. The number of halogens is 3. The van der Waals surface area contributed by atoms with Crippen molar-refractivity contribution < 1.29 is 27.6 Å². The molecule has 0 radical (unpaired) electrons. The van der Waals surface area contributed by atoms with E-state index in [2.05, 4.69) is 34.4 Å². The molecule has 41 heavy (non-hydrogen) atoms. The maximum absolute atomic E-state index is 13.5. The number of hydrogen-bond donors (Lipinski definition) is 2. The highest BCUT2D eigenvalue weighted by Gasteiger charge is 2.39. The Morgan fingerprint density at radius 3 is 2.56 bits per heavy atom. The minimum atomic E-state index is -4.58. The molecule has 220 valence electrons. The van der Waals surface area contributed by atoms with Crippen molar-refractivity contribution in [3.63, 3.8) is 0 Å². The highest BCUT2D eigenvalue weighted by atomic mass is 19.4. The maximum atomic E-state index is 13.5. The van der Waals surface area contributed by atoms with E-state index in [9.17, 15) is 27.6 Å². The number of nitrogens with one attached hydrogen (secondary N) is 2. The van der Waals surface area contributed by atoms with Gasteiger partial charge in [-0.25, -0.2) is 4.79 Å². The highest BCUT2D eigenvalue weighted by molar-refractivity contribution is 6.04. The Kier molecular flexibility index (Phi) is 7.85. The molecule has 1 aromatic heterocycles. The lowest BCUT2D eigenvalue weighted by molar-refractivity contribution is -0.137. The van der Waals surface area contributed by atoms with E-state index in [0.717, 1.165) is 37.3 Å². The van der Waals surface area contributed by atoms with Gasteiger partial charge in [0.2, 0.25) is 0 Å². The van der Waals surface area contributed by atoms with Gasteiger partial charge in [-0.1, -0.05) is 0 Å². The largest absolute Gasteiger partial charge is 0.416 e. The van der Waals surface area contributed by atoms with Crippen molar-refractivity contribution in [3.8, 4) is 0 Å². The van der Waals surface area contributed by atoms with Gasteiger partial charge in [0, 0.05) is 43.6 Å². The number of anilines is 2. The second kappa shape index (κ2) is 11.2. The summed E-state index contributed by atoms with van der Waals surface area (Å²) in [7, 11) is 0. The van der Waals surface area contributed by atoms with E-state index in [1.807, 2.05) is 17.9 Å². The van der Waals surface area contributed by atoms with Gasteiger partial charge < -0.3 is 25.3 Å². The van der Waals surface area contributed by atoms with E-state index in [1.54, 1.807) is 17.0 Å². The number of carbonyl (C=O) groups is 3. The summed E-state index contributed by atoms with van der Waals surface area (Å²) in [6.07, 6.45) is -0.254. The molecule has 1 saturated carbocycles. The van der Waals surface area contributed by atoms with Crippen molar-refractivity contribution in [2.24, 2.45) is 5.92 Å². The van der Waals surface area contributed by atoms with Crippen LogP contribution >= 0.6 is 0 Å². The lowest BCUT2D eigenvalue weighted by Gasteiger charge is -2.46. The maximum Gasteiger partial charge on any atom is 0.416 e. The van der Waals surface area contributed by atoms with Gasteiger partial charge >= 0.3 is 12.2 Å². The normalized spacial score (nSPS) is 21.1. The number of rotatable bonds is 6. The number of carbonyl (C=O) groups excluding carboxylic acids is 3. The van der Waals surface area contributed by atoms with Crippen LogP contribution in [0.4, 0.5) is 29.3 Å². The Morgan fingerprint density at radius 2 is 1.88 bits per heavy atom. The molecule has 2 fully saturated rings. The topological polar surface area (TPSA) is 97.9 Å². The van der Waals surface area contributed by atoms with Gasteiger partial charge in [-0.05, 0) is 82.7 Å². The van der Waals surface area contributed by atoms with Gasteiger partial charge in [0.25, 0.3) is 11.8 Å². The van der Waals surface area contributed by atoms with E-state index in [-0.39, 0.29) is 36.4 Å². The number of benzene rings is 1. The molecule has 3 aliphatic rings. The second-order valence-electron chi connectivity index (χ2n) is 11.4. The lowest BCUT2D eigenvalue weighted by Crippen LogP contribution is -2.56. The van der Waals surface area contributed by atoms with Crippen LogP contribution < -0.4 is 15.5 Å². The van der Waals surface area contributed by atoms with E-state index in [0.29, 0.717) is 42.6 Å². The minimum Gasteiger partial charge on any atom is -0.348 e. The third kappa shape index (κ3) is 6.25. The van der Waals surface area contributed by atoms with Crippen molar-refractivity contribution >= 4 is 29.2 Å². The molecule has 1 aromatic carbocycles. The molecule has 12 heteroatoms. The quantitative estimate of drug-likeness (QED) is 0.511. The van der Waals surface area contributed by atoms with Crippen molar-refractivity contribution in [2.45, 2.75) is 70.9 Å². The van der Waals surface area contributed by atoms with Gasteiger partial charge in [-0.2, -0.15) is 13.2 Å². The summed E-state index contributed by atoms with van der Waals surface area (Å²) < 4.78 is 39.1. The molecule has 1 saturated heterocycles. The van der Waals surface area contributed by atoms with E-state index in [4.69, 9.17) is 0 Å². The van der Waals surface area contributed by atoms with Crippen LogP contribution in [0.5, 0.6) is 0 Å². The first-order chi connectivity index (χ1) is 19.4. The number of pyridine rings is 1. The molecule has 0 bridgehead atoms. The number of amides is 4. The molecule has 0 spiro atoms. The molecule has 4 amide bonds. The molecule has 2 N–H and O–H groups in total. The highest BCUT2D eigenvalue weighted by Crippen LogP contribution is 2.38. The summed E-state index contributed by atoms with van der Waals surface area (Å²) in [5.41, 5.74) is 0.596. The van der Waals surface area contributed by atoms with Crippen molar-refractivity contribution in [3.05, 3.63) is 53.3 Å². The molecule has 1 unspecified atom stereocenters. The summed E-state index contributed by atoms with van der Waals surface area (Å²) in [5.74, 6) is -0.232. The fraction of sp³-hybridized carbons (Fsp3) is 0.517. The van der Waals surface area contributed by atoms with Gasteiger partial charge in [-0.3, -0.25) is 14.6 Å². The average Bonchev–Trinajstić information content (AvgIpc) is 3.75. The SMILES string of the molecule is CC(C)N1c2ccc(NC(=O)N3CCC[C@@H](NC(=O)c4cc(C(F)(F)F)ccn4)C3)cc2C(=O)N(CC2CC2)C1C. The van der Waals surface area contributed by atoms with Crippen LogP contribution in [0.15, 0.2) is 36.5 Å². The number of hydrogen-bond acceptors (Lipinski definition) is 5. The summed E-state index contributed by atoms with van der Waals surface area (Å²) in [6.45, 7) is 7.60. The van der Waals surface area contributed by atoms with Crippen LogP contribution in [0.3, 0.4) is 0 Å². The third-order valence-electron chi connectivity index (χ3n) is 7.94. The van der Waals surface area contributed by atoms with Gasteiger partial charge in [0.05, 0.1) is 16.8 Å². The van der Waals surface area contributed by atoms with Crippen LogP contribution in [0.2, 0.25) is 0 Å². The number of urea groups is 1. The Hall–Kier alpha value is -3.83. The van der Waals surface area contributed by atoms with Gasteiger partial charge in [0.15, 0.2) is 0 Å². The molecule has 2 aromatic rings. The van der Waals surface area contributed by atoms with Gasteiger partial charge in [-0.15, -0.1) is 0 Å². The Morgan fingerprint density at radius 1 is 1.12 bits per heavy atom. The van der Waals surface area contributed by atoms with Crippen LogP contribution in [-0.4, -0.2) is 70.5 Å². The van der Waals surface area contributed by atoms with Crippen molar-refractivity contribution in [2.75, 3.05) is 29.9 Å². The fourth-order valence-electron chi connectivity index (χ4n) is 5.68. The van der Waals surface area contributed by atoms with Crippen LogP contribution in [-0.2, 0) is 6.18 Å². The Balaban J connectivity index is 1.25. The summed E-state index contributed by atoms with van der Waals surface area (Å²) >= 11 is 0. The van der Waals surface area contributed by atoms with Crippen molar-refractivity contribution in [1.82, 2.24) is 20.1 Å². The van der Waals surface area contributed by atoms with E-state index >= 15 is 0 Å². The first-order valence-electron chi connectivity index (χ1n) is 14.1. The monoisotopic (exact) mass is 572 g/mol. The number of alkyl halides is 3. The number of fused-ring (bicyclic) bond motifs is 1. The van der Waals surface area contributed by atoms with E-state index in [1.165, 1.54) is 0 Å². The average molecular weight is 573 g/mol. The standard InChI is InChI=1S/C29H35F3N6O3/c1-17(2)38-18(3)37(15-19-6-7-19)27(40)23-14-21(8-9-25(23)38)35-28(41)36-12-4-5-22(16-36)34-26(39)24-13-20(10-11-33-24)29(30,31)32/h8-11,13-14,17-19,22H,4-7,12,15-16H2,1-3H3,(H,34,39)(H,35,41)/t18?,22-/m1/s1. The van der Waals surface area contributed by atoms with Gasteiger partial charge in [0.1, 0.15) is 11.9 Å². The zero-order valence-corrected chi connectivity index (χ0v) is 23.4. The molecule has 3 heterocycles. The Labute approximate surface area is 237 Å². The van der Waals surface area contributed by atoms with Crippen molar-refractivity contribution in [1.29, 1.82) is 0 Å². The smallest absolute Gasteiger partial charge is 0.348 e. The zero-order chi connectivity index (χ0) is 29.5. The molecular formula is C29H35F3N6O3. The summed E-state index contributed by atoms with van der Waals surface area (Å²) in [4.78, 5) is 48.8. The molecule has 2 atom stereocenters. The molecule has 1 aliphatic carbocycles. The third-order valence-corrected chi connectivity index (χ3v) is 7.94. The summed E-state index contributed by atoms with van der Waals surface area (Å²) in [6, 6.07) is 6.25. The predicted molar refractivity (Wildman–Crippen MR) is 148 cm³/mol. The zero-order valence-electron chi connectivity index (χ0n) is 23.4. The molecule has 5 rings (SSSR count). The minimum absolute atomic E-state index is 0.0450.